The van der Waals surface area contributed by atoms with Gasteiger partial charge in [0.1, 0.15) is 0 Å². The summed E-state index contributed by atoms with van der Waals surface area (Å²) in [6, 6.07) is 12.1. The van der Waals surface area contributed by atoms with Crippen molar-refractivity contribution in [1.29, 1.82) is 0 Å². The van der Waals surface area contributed by atoms with Crippen molar-refractivity contribution in [2.75, 3.05) is 6.54 Å². The van der Waals surface area contributed by atoms with Gasteiger partial charge in [-0.3, -0.25) is 0 Å². The molecule has 3 rings (SSSR count). The zero-order chi connectivity index (χ0) is 13.9. The van der Waals surface area contributed by atoms with E-state index in [2.05, 4.69) is 16.4 Å². The molecule has 2 nitrogen and oxygen atoms in total. The van der Waals surface area contributed by atoms with Gasteiger partial charge in [0.05, 0.1) is 9.36 Å². The Kier molecular flexibility index (Phi) is 4.32. The Hall–Kier alpha value is -1.000. The second-order valence-electron chi connectivity index (χ2n) is 4.60. The highest BCUT2D eigenvalue weighted by Gasteiger charge is 2.08. The number of aromatic nitrogens is 1. The molecule has 0 saturated heterocycles. The van der Waals surface area contributed by atoms with Gasteiger partial charge in [-0.25, -0.2) is 0 Å². The van der Waals surface area contributed by atoms with E-state index in [0.717, 1.165) is 45.5 Å². The number of H-pyrrole nitrogens is 1. The molecule has 0 aliphatic heterocycles. The number of rotatable bonds is 5. The van der Waals surface area contributed by atoms with Crippen LogP contribution in [0.1, 0.15) is 10.6 Å². The number of nitrogens with one attached hydrogen (secondary N) is 2. The van der Waals surface area contributed by atoms with Crippen molar-refractivity contribution in [3.63, 3.8) is 0 Å². The number of aromatic amines is 1. The molecule has 0 fully saturated rings. The maximum absolute atomic E-state index is 6.37. The normalized spacial score (nSPS) is 11.3. The second kappa shape index (κ2) is 6.19. The molecule has 3 aromatic rings. The lowest BCUT2D eigenvalue weighted by atomic mass is 10.2. The first kappa shape index (κ1) is 14.0. The van der Waals surface area contributed by atoms with E-state index in [4.69, 9.17) is 23.2 Å². The van der Waals surface area contributed by atoms with Crippen LogP contribution in [0.2, 0.25) is 9.36 Å². The highest BCUT2D eigenvalue weighted by atomic mass is 35.5. The molecule has 104 valence electrons. The number of para-hydroxylation sites is 1. The topological polar surface area (TPSA) is 27.8 Å². The summed E-state index contributed by atoms with van der Waals surface area (Å²) in [5, 5.41) is 5.30. The third-order valence-electron chi connectivity index (χ3n) is 3.19. The Labute approximate surface area is 131 Å². The van der Waals surface area contributed by atoms with Crippen LogP contribution in [-0.4, -0.2) is 11.5 Å². The van der Waals surface area contributed by atoms with Crippen LogP contribution in [0.4, 0.5) is 0 Å². The molecule has 0 aliphatic carbocycles. The molecule has 2 heterocycles. The van der Waals surface area contributed by atoms with Gasteiger partial charge in [0, 0.05) is 34.6 Å². The molecule has 0 amide bonds. The third-order valence-corrected chi connectivity index (χ3v) is 4.92. The van der Waals surface area contributed by atoms with Gasteiger partial charge in [0.2, 0.25) is 0 Å². The zero-order valence-electron chi connectivity index (χ0n) is 10.7. The van der Waals surface area contributed by atoms with Crippen molar-refractivity contribution < 1.29 is 0 Å². The van der Waals surface area contributed by atoms with E-state index in [-0.39, 0.29) is 0 Å². The molecule has 2 N–H and O–H groups in total. The predicted octanol–water partition coefficient (Wildman–Crippen LogP) is 4.87. The molecular formula is C15H14Cl2N2S. The third kappa shape index (κ3) is 3.01. The highest BCUT2D eigenvalue weighted by Crippen LogP contribution is 2.27. The lowest BCUT2D eigenvalue weighted by Crippen LogP contribution is -2.16. The van der Waals surface area contributed by atoms with Crippen LogP contribution in [0, 0.1) is 0 Å². The lowest BCUT2D eigenvalue weighted by Gasteiger charge is -2.02. The standard InChI is InChI=1S/C15H14Cl2N2S/c16-14-6-5-10(20-14)7-8-18-9-13-15(17)11-3-1-2-4-12(11)19-13/h1-6,18-19H,7-9H2. The number of hydrogen-bond donors (Lipinski definition) is 2. The molecule has 5 heteroatoms. The molecule has 1 aromatic carbocycles. The molecule has 0 spiro atoms. The minimum Gasteiger partial charge on any atom is -0.356 e. The first-order valence-corrected chi connectivity index (χ1v) is 8.01. The van der Waals surface area contributed by atoms with Crippen molar-refractivity contribution in [2.24, 2.45) is 0 Å². The fourth-order valence-corrected chi connectivity index (χ4v) is 3.56. The Balaban J connectivity index is 1.58. The van der Waals surface area contributed by atoms with Gasteiger partial charge in [-0.15, -0.1) is 11.3 Å². The predicted molar refractivity (Wildman–Crippen MR) is 88.0 cm³/mol. The van der Waals surface area contributed by atoms with Gasteiger partial charge in [-0.1, -0.05) is 41.4 Å². The van der Waals surface area contributed by atoms with Crippen molar-refractivity contribution in [3.8, 4) is 0 Å². The molecule has 0 saturated carbocycles. The summed E-state index contributed by atoms with van der Waals surface area (Å²) in [5.41, 5.74) is 2.12. The minimum absolute atomic E-state index is 0.743. The first-order valence-electron chi connectivity index (χ1n) is 6.44. The quantitative estimate of drug-likeness (QED) is 0.644. The van der Waals surface area contributed by atoms with Gasteiger partial charge in [0.25, 0.3) is 0 Å². The van der Waals surface area contributed by atoms with Crippen molar-refractivity contribution in [2.45, 2.75) is 13.0 Å². The van der Waals surface area contributed by atoms with Crippen LogP contribution >= 0.6 is 34.5 Å². The molecule has 0 radical (unpaired) electrons. The van der Waals surface area contributed by atoms with Gasteiger partial charge in [-0.05, 0) is 24.6 Å². The summed E-state index contributed by atoms with van der Waals surface area (Å²) in [6.45, 7) is 1.65. The van der Waals surface area contributed by atoms with E-state index >= 15 is 0 Å². The highest BCUT2D eigenvalue weighted by molar-refractivity contribution is 7.16. The van der Waals surface area contributed by atoms with Crippen LogP contribution in [0.3, 0.4) is 0 Å². The summed E-state index contributed by atoms with van der Waals surface area (Å²) in [5.74, 6) is 0. The van der Waals surface area contributed by atoms with Crippen LogP contribution in [0.5, 0.6) is 0 Å². The van der Waals surface area contributed by atoms with Crippen molar-refractivity contribution in [1.82, 2.24) is 10.3 Å². The number of fused-ring (bicyclic) bond motifs is 1. The fraction of sp³-hybridized carbons (Fsp3) is 0.200. The van der Waals surface area contributed by atoms with Crippen LogP contribution in [-0.2, 0) is 13.0 Å². The number of thiophene rings is 1. The largest absolute Gasteiger partial charge is 0.356 e. The monoisotopic (exact) mass is 324 g/mol. The Bertz CT molecular complexity index is 718. The van der Waals surface area contributed by atoms with E-state index in [1.54, 1.807) is 11.3 Å². The number of halogens is 2. The zero-order valence-corrected chi connectivity index (χ0v) is 13.1. The Morgan fingerprint density at radius 1 is 1.10 bits per heavy atom. The van der Waals surface area contributed by atoms with Crippen molar-refractivity contribution in [3.05, 3.63) is 56.3 Å². The smallest absolute Gasteiger partial charge is 0.0931 e. The summed E-state index contributed by atoms with van der Waals surface area (Å²) < 4.78 is 0.846. The van der Waals surface area contributed by atoms with Crippen LogP contribution < -0.4 is 5.32 Å². The van der Waals surface area contributed by atoms with E-state index in [0.29, 0.717) is 0 Å². The lowest BCUT2D eigenvalue weighted by molar-refractivity contribution is 0.682. The van der Waals surface area contributed by atoms with Gasteiger partial charge in [0.15, 0.2) is 0 Å². The summed E-state index contributed by atoms with van der Waals surface area (Å²) >= 11 is 13.9. The van der Waals surface area contributed by atoms with E-state index in [9.17, 15) is 0 Å². The molecule has 0 atom stereocenters. The van der Waals surface area contributed by atoms with Crippen LogP contribution in [0.25, 0.3) is 10.9 Å². The van der Waals surface area contributed by atoms with Crippen molar-refractivity contribution >= 4 is 45.4 Å². The van der Waals surface area contributed by atoms with Gasteiger partial charge in [-0.2, -0.15) is 0 Å². The van der Waals surface area contributed by atoms with E-state index in [1.807, 2.05) is 30.3 Å². The SMILES string of the molecule is Clc1ccc(CCNCc2[nH]c3ccccc3c2Cl)s1. The molecular weight excluding hydrogens is 311 g/mol. The summed E-state index contributed by atoms with van der Waals surface area (Å²) in [6.07, 6.45) is 0.981. The van der Waals surface area contributed by atoms with E-state index in [1.165, 1.54) is 4.88 Å². The maximum Gasteiger partial charge on any atom is 0.0931 e. The number of hydrogen-bond acceptors (Lipinski definition) is 2. The van der Waals surface area contributed by atoms with E-state index < -0.39 is 0 Å². The molecule has 0 aliphatic rings. The van der Waals surface area contributed by atoms with Crippen LogP contribution in [0.15, 0.2) is 36.4 Å². The van der Waals surface area contributed by atoms with Gasteiger partial charge < -0.3 is 10.3 Å². The average molecular weight is 325 g/mol. The molecule has 20 heavy (non-hydrogen) atoms. The summed E-state index contributed by atoms with van der Waals surface area (Å²) in [7, 11) is 0. The average Bonchev–Trinajstić information content (AvgIpc) is 3.00. The van der Waals surface area contributed by atoms with Gasteiger partial charge >= 0.3 is 0 Å². The molecule has 2 aromatic heterocycles. The summed E-state index contributed by atoms with van der Waals surface area (Å²) in [4.78, 5) is 4.65. The molecule has 0 unspecified atom stereocenters. The fourth-order valence-electron chi connectivity index (χ4n) is 2.20. The minimum atomic E-state index is 0.743. The number of benzene rings is 1. The second-order valence-corrected chi connectivity index (χ2v) is 6.77. The maximum atomic E-state index is 6.37. The molecule has 0 bridgehead atoms. The first-order chi connectivity index (χ1) is 9.74. The Morgan fingerprint density at radius 2 is 1.95 bits per heavy atom. The Morgan fingerprint density at radius 3 is 2.70 bits per heavy atom.